The minimum Gasteiger partial charge on any atom is -0.406 e. The number of halogens is 3. The van der Waals surface area contributed by atoms with Crippen molar-refractivity contribution >= 4 is 0 Å². The Labute approximate surface area is 198 Å². The summed E-state index contributed by atoms with van der Waals surface area (Å²) < 4.78 is 41.3. The highest BCUT2D eigenvalue weighted by molar-refractivity contribution is 5.30. The van der Waals surface area contributed by atoms with Gasteiger partial charge in [-0.3, -0.25) is 0 Å². The summed E-state index contributed by atoms with van der Waals surface area (Å²) in [4.78, 5) is 0. The first kappa shape index (κ1) is 24.9. The maximum absolute atomic E-state index is 12.4. The Balaban J connectivity index is 1.18. The third-order valence-electron chi connectivity index (χ3n) is 9.22. The number of hydrogen-bond acceptors (Lipinski definition) is 1. The molecule has 0 spiro atoms. The van der Waals surface area contributed by atoms with Gasteiger partial charge in [-0.25, -0.2) is 0 Å². The monoisotopic (exact) mass is 464 g/mol. The first-order chi connectivity index (χ1) is 15.9. The van der Waals surface area contributed by atoms with E-state index in [2.05, 4.69) is 11.7 Å². The van der Waals surface area contributed by atoms with Crippen LogP contribution in [0.3, 0.4) is 0 Å². The van der Waals surface area contributed by atoms with E-state index < -0.39 is 6.36 Å². The van der Waals surface area contributed by atoms with E-state index in [1.165, 1.54) is 114 Å². The molecule has 3 aliphatic carbocycles. The van der Waals surface area contributed by atoms with E-state index in [9.17, 15) is 13.2 Å². The summed E-state index contributed by atoms with van der Waals surface area (Å²) in [5, 5.41) is 0. The van der Waals surface area contributed by atoms with E-state index in [1.807, 2.05) is 12.1 Å². The highest BCUT2D eigenvalue weighted by Gasteiger charge is 2.36. The maximum Gasteiger partial charge on any atom is 0.573 e. The van der Waals surface area contributed by atoms with Crippen LogP contribution in [0.4, 0.5) is 13.2 Å². The summed E-state index contributed by atoms with van der Waals surface area (Å²) in [5.41, 5.74) is 1.18. The zero-order valence-electron chi connectivity index (χ0n) is 20.4. The molecule has 4 heteroatoms. The van der Waals surface area contributed by atoms with Crippen LogP contribution in [-0.4, -0.2) is 6.36 Å². The quantitative estimate of drug-likeness (QED) is 0.372. The van der Waals surface area contributed by atoms with Gasteiger partial charge in [-0.05, 0) is 85.3 Å². The van der Waals surface area contributed by atoms with E-state index in [1.54, 1.807) is 0 Å². The van der Waals surface area contributed by atoms with E-state index in [-0.39, 0.29) is 5.75 Å². The Hall–Kier alpha value is -1.19. The molecule has 186 valence electrons. The smallest absolute Gasteiger partial charge is 0.406 e. The molecule has 0 amide bonds. The average molecular weight is 465 g/mol. The fraction of sp³-hybridized carbons (Fsp3) is 0.793. The van der Waals surface area contributed by atoms with Crippen LogP contribution in [0.25, 0.3) is 0 Å². The number of fused-ring (bicyclic) bond motifs is 1. The predicted molar refractivity (Wildman–Crippen MR) is 128 cm³/mol. The van der Waals surface area contributed by atoms with Gasteiger partial charge in [0.25, 0.3) is 0 Å². The number of rotatable bonds is 8. The van der Waals surface area contributed by atoms with Gasteiger partial charge in [0.2, 0.25) is 0 Å². The lowest BCUT2D eigenvalue weighted by atomic mass is 9.63. The first-order valence-electron chi connectivity index (χ1n) is 13.7. The molecule has 4 atom stereocenters. The molecule has 0 aliphatic heterocycles. The standard InChI is InChI=1S/C29H43F3O/c1-2-3-4-21-5-7-22(8-6-21)9-10-23-11-12-27-20-26(14-13-25(27)19-23)24-15-17-28(18-16-24)33-29(30,31)32/h15-18,21-23,25-27H,2-14,19-20H2,1H3. The topological polar surface area (TPSA) is 9.23 Å². The molecule has 0 radical (unpaired) electrons. The molecule has 1 aromatic rings. The van der Waals surface area contributed by atoms with Crippen LogP contribution in [-0.2, 0) is 0 Å². The van der Waals surface area contributed by atoms with Crippen molar-refractivity contribution in [3.8, 4) is 5.75 Å². The normalized spacial score (nSPS) is 32.8. The zero-order chi connectivity index (χ0) is 23.3. The van der Waals surface area contributed by atoms with Crippen molar-refractivity contribution in [2.75, 3.05) is 0 Å². The third kappa shape index (κ3) is 7.39. The molecule has 0 heterocycles. The number of alkyl halides is 3. The fourth-order valence-electron chi connectivity index (χ4n) is 7.27. The summed E-state index contributed by atoms with van der Waals surface area (Å²) in [5.74, 6) is 4.98. The van der Waals surface area contributed by atoms with Crippen LogP contribution in [0.15, 0.2) is 24.3 Å². The lowest BCUT2D eigenvalue weighted by Crippen LogP contribution is -2.30. The summed E-state index contributed by atoms with van der Waals surface area (Å²) in [7, 11) is 0. The molecule has 0 bridgehead atoms. The predicted octanol–water partition coefficient (Wildman–Crippen LogP) is 9.66. The molecule has 4 rings (SSSR count). The molecule has 0 saturated heterocycles. The first-order valence-corrected chi connectivity index (χ1v) is 13.7. The Morgan fingerprint density at radius 2 is 1.30 bits per heavy atom. The molecule has 1 nitrogen and oxygen atoms in total. The molecule has 4 unspecified atom stereocenters. The second-order valence-corrected chi connectivity index (χ2v) is 11.4. The molecule has 33 heavy (non-hydrogen) atoms. The molecular formula is C29H43F3O. The molecular weight excluding hydrogens is 421 g/mol. The Kier molecular flexibility index (Phi) is 8.68. The van der Waals surface area contributed by atoms with Crippen molar-refractivity contribution in [2.24, 2.45) is 29.6 Å². The van der Waals surface area contributed by atoms with Crippen LogP contribution < -0.4 is 4.74 Å². The lowest BCUT2D eigenvalue weighted by molar-refractivity contribution is -0.274. The van der Waals surface area contributed by atoms with Crippen LogP contribution in [0, 0.1) is 29.6 Å². The summed E-state index contributed by atoms with van der Waals surface area (Å²) in [6.45, 7) is 2.31. The van der Waals surface area contributed by atoms with Crippen molar-refractivity contribution in [1.29, 1.82) is 0 Å². The maximum atomic E-state index is 12.4. The summed E-state index contributed by atoms with van der Waals surface area (Å²) >= 11 is 0. The lowest BCUT2D eigenvalue weighted by Gasteiger charge is -2.43. The highest BCUT2D eigenvalue weighted by atomic mass is 19.4. The number of hydrogen-bond donors (Lipinski definition) is 0. The van der Waals surface area contributed by atoms with Gasteiger partial charge in [-0.2, -0.15) is 0 Å². The van der Waals surface area contributed by atoms with E-state index in [0.29, 0.717) is 5.92 Å². The minimum absolute atomic E-state index is 0.116. The second-order valence-electron chi connectivity index (χ2n) is 11.4. The molecule has 0 aromatic heterocycles. The number of unbranched alkanes of at least 4 members (excludes halogenated alkanes) is 1. The van der Waals surface area contributed by atoms with Gasteiger partial charge >= 0.3 is 6.36 Å². The van der Waals surface area contributed by atoms with Crippen LogP contribution >= 0.6 is 0 Å². The minimum atomic E-state index is -4.62. The van der Waals surface area contributed by atoms with Crippen molar-refractivity contribution in [3.05, 3.63) is 29.8 Å². The van der Waals surface area contributed by atoms with E-state index in [0.717, 1.165) is 29.6 Å². The van der Waals surface area contributed by atoms with Crippen LogP contribution in [0.5, 0.6) is 5.75 Å². The van der Waals surface area contributed by atoms with Gasteiger partial charge in [-0.1, -0.05) is 83.3 Å². The van der Waals surface area contributed by atoms with Crippen molar-refractivity contribution in [3.63, 3.8) is 0 Å². The van der Waals surface area contributed by atoms with Gasteiger partial charge < -0.3 is 4.74 Å². The van der Waals surface area contributed by atoms with Gasteiger partial charge in [0.05, 0.1) is 0 Å². The molecule has 3 saturated carbocycles. The Bertz CT molecular complexity index is 705. The van der Waals surface area contributed by atoms with Gasteiger partial charge in [0.15, 0.2) is 0 Å². The third-order valence-corrected chi connectivity index (χ3v) is 9.22. The molecule has 3 fully saturated rings. The SMILES string of the molecule is CCCCC1CCC(CCC2CCC3CC(c4ccc(OC(F)(F)F)cc4)CCC3C2)CC1. The Morgan fingerprint density at radius 1 is 0.727 bits per heavy atom. The largest absolute Gasteiger partial charge is 0.573 e. The van der Waals surface area contributed by atoms with E-state index >= 15 is 0 Å². The summed E-state index contributed by atoms with van der Waals surface area (Å²) in [6, 6.07) is 6.63. The van der Waals surface area contributed by atoms with Crippen LogP contribution in [0.2, 0.25) is 0 Å². The van der Waals surface area contributed by atoms with Crippen molar-refractivity contribution in [1.82, 2.24) is 0 Å². The number of ether oxygens (including phenoxy) is 1. The van der Waals surface area contributed by atoms with Crippen molar-refractivity contribution < 1.29 is 17.9 Å². The molecule has 0 N–H and O–H groups in total. The molecule has 1 aromatic carbocycles. The van der Waals surface area contributed by atoms with E-state index in [4.69, 9.17) is 0 Å². The second kappa shape index (κ2) is 11.5. The van der Waals surface area contributed by atoms with Gasteiger partial charge in [0, 0.05) is 0 Å². The van der Waals surface area contributed by atoms with Crippen LogP contribution in [0.1, 0.15) is 115 Å². The van der Waals surface area contributed by atoms with Gasteiger partial charge in [0.1, 0.15) is 5.75 Å². The average Bonchev–Trinajstić information content (AvgIpc) is 2.81. The Morgan fingerprint density at radius 3 is 1.97 bits per heavy atom. The number of benzene rings is 1. The van der Waals surface area contributed by atoms with Gasteiger partial charge in [-0.15, -0.1) is 13.2 Å². The molecule has 3 aliphatic rings. The summed E-state index contributed by atoms with van der Waals surface area (Å²) in [6.07, 6.45) is 16.2. The van der Waals surface area contributed by atoms with Crippen molar-refractivity contribution in [2.45, 2.75) is 116 Å². The fourth-order valence-corrected chi connectivity index (χ4v) is 7.27. The highest BCUT2D eigenvalue weighted by Crippen LogP contribution is 2.49. The zero-order valence-corrected chi connectivity index (χ0v) is 20.4.